The lowest BCUT2D eigenvalue weighted by molar-refractivity contribution is 0.278. The van der Waals surface area contributed by atoms with E-state index in [0.29, 0.717) is 12.3 Å². The Labute approximate surface area is 61.8 Å². The minimum atomic E-state index is -0.672. The van der Waals surface area contributed by atoms with E-state index in [2.05, 4.69) is 0 Å². The predicted molar refractivity (Wildman–Crippen MR) is 40.5 cm³/mol. The summed E-state index contributed by atoms with van der Waals surface area (Å²) in [6.45, 7) is 1.62. The summed E-state index contributed by atoms with van der Waals surface area (Å²) in [6, 6.07) is 0.276. The quantitative estimate of drug-likeness (QED) is 0.630. The molecule has 0 heterocycles. The topological polar surface area (TPSA) is 26.0 Å². The van der Waals surface area contributed by atoms with Crippen LogP contribution in [0.25, 0.3) is 0 Å². The minimum absolute atomic E-state index is 0.276. The van der Waals surface area contributed by atoms with Crippen molar-refractivity contribution >= 4 is 0 Å². The molecule has 0 aromatic rings. The molecular formula is C8H16FN. The molecule has 1 saturated carbocycles. The molecular weight excluding hydrogens is 129 g/mol. The van der Waals surface area contributed by atoms with Crippen LogP contribution in [-0.4, -0.2) is 12.2 Å². The summed E-state index contributed by atoms with van der Waals surface area (Å²) in [4.78, 5) is 0. The summed E-state index contributed by atoms with van der Waals surface area (Å²) < 4.78 is 12.5. The average molecular weight is 145 g/mol. The van der Waals surface area contributed by atoms with Crippen LogP contribution in [0.5, 0.6) is 0 Å². The van der Waals surface area contributed by atoms with E-state index in [1.165, 1.54) is 6.42 Å². The van der Waals surface area contributed by atoms with Crippen molar-refractivity contribution in [2.24, 2.45) is 11.7 Å². The SMILES string of the molecule is CC(F)CC1CCCC1N. The molecule has 2 N–H and O–H groups in total. The van der Waals surface area contributed by atoms with Gasteiger partial charge in [-0.25, -0.2) is 4.39 Å². The van der Waals surface area contributed by atoms with E-state index in [-0.39, 0.29) is 6.04 Å². The van der Waals surface area contributed by atoms with E-state index in [0.717, 1.165) is 12.8 Å². The Balaban J connectivity index is 2.26. The highest BCUT2D eigenvalue weighted by Crippen LogP contribution is 2.28. The number of hydrogen-bond donors (Lipinski definition) is 1. The first-order valence-corrected chi connectivity index (χ1v) is 4.10. The van der Waals surface area contributed by atoms with Gasteiger partial charge < -0.3 is 5.73 Å². The monoisotopic (exact) mass is 145 g/mol. The molecule has 0 saturated heterocycles. The zero-order valence-electron chi connectivity index (χ0n) is 6.52. The first-order chi connectivity index (χ1) is 4.70. The van der Waals surface area contributed by atoms with E-state index in [4.69, 9.17) is 5.73 Å². The third-order valence-corrected chi connectivity index (χ3v) is 2.35. The van der Waals surface area contributed by atoms with Crippen LogP contribution in [0.3, 0.4) is 0 Å². The molecule has 0 radical (unpaired) electrons. The standard InChI is InChI=1S/C8H16FN/c1-6(9)5-7-3-2-4-8(7)10/h6-8H,2-5,10H2,1H3. The lowest BCUT2D eigenvalue weighted by Crippen LogP contribution is -2.25. The summed E-state index contributed by atoms with van der Waals surface area (Å²) in [6.07, 6.45) is 3.42. The van der Waals surface area contributed by atoms with E-state index in [9.17, 15) is 4.39 Å². The number of hydrogen-bond acceptors (Lipinski definition) is 1. The molecule has 3 unspecified atom stereocenters. The maximum atomic E-state index is 12.5. The molecule has 0 aromatic carbocycles. The lowest BCUT2D eigenvalue weighted by atomic mass is 9.98. The fraction of sp³-hybridized carbons (Fsp3) is 1.00. The Morgan fingerprint density at radius 1 is 1.60 bits per heavy atom. The molecule has 0 bridgehead atoms. The third kappa shape index (κ3) is 1.94. The molecule has 10 heavy (non-hydrogen) atoms. The van der Waals surface area contributed by atoms with Crippen molar-refractivity contribution < 1.29 is 4.39 Å². The van der Waals surface area contributed by atoms with E-state index in [1.807, 2.05) is 0 Å². The van der Waals surface area contributed by atoms with Crippen LogP contribution in [0.2, 0.25) is 0 Å². The molecule has 1 fully saturated rings. The van der Waals surface area contributed by atoms with Crippen molar-refractivity contribution in [3.63, 3.8) is 0 Å². The van der Waals surface area contributed by atoms with Crippen molar-refractivity contribution in [2.45, 2.75) is 44.8 Å². The summed E-state index contributed by atoms with van der Waals surface area (Å²) >= 11 is 0. The van der Waals surface area contributed by atoms with Gasteiger partial charge in [-0.2, -0.15) is 0 Å². The van der Waals surface area contributed by atoms with Crippen molar-refractivity contribution in [3.8, 4) is 0 Å². The minimum Gasteiger partial charge on any atom is -0.327 e. The van der Waals surface area contributed by atoms with Gasteiger partial charge in [0.25, 0.3) is 0 Å². The second kappa shape index (κ2) is 3.33. The van der Waals surface area contributed by atoms with Gasteiger partial charge in [-0.3, -0.25) is 0 Å². The third-order valence-electron chi connectivity index (χ3n) is 2.35. The van der Waals surface area contributed by atoms with Gasteiger partial charge in [0.2, 0.25) is 0 Å². The Morgan fingerprint density at radius 2 is 2.30 bits per heavy atom. The van der Waals surface area contributed by atoms with Crippen molar-refractivity contribution in [2.75, 3.05) is 0 Å². The van der Waals surface area contributed by atoms with Gasteiger partial charge in [-0.1, -0.05) is 6.42 Å². The number of alkyl halides is 1. The first-order valence-electron chi connectivity index (χ1n) is 4.10. The number of nitrogens with two attached hydrogens (primary N) is 1. The lowest BCUT2D eigenvalue weighted by Gasteiger charge is -2.14. The number of halogens is 1. The van der Waals surface area contributed by atoms with Gasteiger partial charge in [0.1, 0.15) is 0 Å². The van der Waals surface area contributed by atoms with Crippen LogP contribution in [-0.2, 0) is 0 Å². The maximum Gasteiger partial charge on any atom is 0.0976 e. The normalized spacial score (nSPS) is 36.3. The molecule has 1 nitrogen and oxygen atoms in total. The van der Waals surface area contributed by atoms with Crippen LogP contribution >= 0.6 is 0 Å². The van der Waals surface area contributed by atoms with E-state index in [1.54, 1.807) is 6.92 Å². The maximum absolute atomic E-state index is 12.5. The molecule has 0 aromatic heterocycles. The zero-order chi connectivity index (χ0) is 7.56. The fourth-order valence-electron chi connectivity index (χ4n) is 1.78. The molecule has 0 spiro atoms. The highest BCUT2D eigenvalue weighted by Gasteiger charge is 2.24. The second-order valence-electron chi connectivity index (χ2n) is 3.37. The first kappa shape index (κ1) is 7.99. The van der Waals surface area contributed by atoms with Gasteiger partial charge in [0.05, 0.1) is 6.17 Å². The van der Waals surface area contributed by atoms with Gasteiger partial charge in [0, 0.05) is 6.04 Å². The predicted octanol–water partition coefficient (Wildman–Crippen LogP) is 1.86. The molecule has 60 valence electrons. The summed E-state index contributed by atoms with van der Waals surface area (Å²) in [5.41, 5.74) is 5.76. The largest absolute Gasteiger partial charge is 0.327 e. The van der Waals surface area contributed by atoms with Gasteiger partial charge >= 0.3 is 0 Å². The second-order valence-corrected chi connectivity index (χ2v) is 3.37. The Morgan fingerprint density at radius 3 is 2.70 bits per heavy atom. The van der Waals surface area contributed by atoms with Crippen LogP contribution in [0.15, 0.2) is 0 Å². The highest BCUT2D eigenvalue weighted by atomic mass is 19.1. The van der Waals surface area contributed by atoms with Crippen molar-refractivity contribution in [3.05, 3.63) is 0 Å². The Kier molecular flexibility index (Phi) is 2.66. The Bertz CT molecular complexity index is 103. The van der Waals surface area contributed by atoms with E-state index >= 15 is 0 Å². The molecule has 0 amide bonds. The molecule has 2 heteroatoms. The van der Waals surface area contributed by atoms with Gasteiger partial charge in [-0.05, 0) is 32.1 Å². The van der Waals surface area contributed by atoms with Gasteiger partial charge in [0.15, 0.2) is 0 Å². The molecule has 1 aliphatic carbocycles. The Hall–Kier alpha value is -0.110. The number of rotatable bonds is 2. The smallest absolute Gasteiger partial charge is 0.0976 e. The molecule has 0 aliphatic heterocycles. The highest BCUT2D eigenvalue weighted by molar-refractivity contribution is 4.81. The van der Waals surface area contributed by atoms with Crippen LogP contribution in [0, 0.1) is 5.92 Å². The van der Waals surface area contributed by atoms with Crippen LogP contribution in [0.1, 0.15) is 32.6 Å². The molecule has 1 aliphatic rings. The van der Waals surface area contributed by atoms with Crippen LogP contribution < -0.4 is 5.73 Å². The summed E-state index contributed by atoms with van der Waals surface area (Å²) in [5.74, 6) is 0.458. The fourth-order valence-corrected chi connectivity index (χ4v) is 1.78. The van der Waals surface area contributed by atoms with Crippen LogP contribution in [0.4, 0.5) is 4.39 Å². The molecule has 3 atom stereocenters. The van der Waals surface area contributed by atoms with Gasteiger partial charge in [-0.15, -0.1) is 0 Å². The summed E-state index contributed by atoms with van der Waals surface area (Å²) in [7, 11) is 0. The zero-order valence-corrected chi connectivity index (χ0v) is 6.52. The van der Waals surface area contributed by atoms with E-state index < -0.39 is 6.17 Å². The van der Waals surface area contributed by atoms with Crippen molar-refractivity contribution in [1.29, 1.82) is 0 Å². The summed E-state index contributed by atoms with van der Waals surface area (Å²) in [5, 5.41) is 0. The average Bonchev–Trinajstić information content (AvgIpc) is 2.15. The van der Waals surface area contributed by atoms with Crippen molar-refractivity contribution in [1.82, 2.24) is 0 Å². The molecule has 1 rings (SSSR count).